The molecule has 1 aliphatic heterocycles. The van der Waals surface area contributed by atoms with Crippen molar-refractivity contribution in [3.05, 3.63) is 77.0 Å². The van der Waals surface area contributed by atoms with Crippen molar-refractivity contribution in [2.24, 2.45) is 5.73 Å². The van der Waals surface area contributed by atoms with Crippen molar-refractivity contribution in [2.45, 2.75) is 57.0 Å². The van der Waals surface area contributed by atoms with Gasteiger partial charge in [-0.1, -0.05) is 25.8 Å². The van der Waals surface area contributed by atoms with E-state index in [-0.39, 0.29) is 29.1 Å². The van der Waals surface area contributed by atoms with Crippen LogP contribution < -0.4 is 15.8 Å². The van der Waals surface area contributed by atoms with Crippen molar-refractivity contribution in [2.75, 3.05) is 31.2 Å². The van der Waals surface area contributed by atoms with Gasteiger partial charge in [0.25, 0.3) is 5.91 Å². The quantitative estimate of drug-likeness (QED) is 0.284. The minimum absolute atomic E-state index is 0.109. The summed E-state index contributed by atoms with van der Waals surface area (Å²) in [5, 5.41) is 2.45. The fraction of sp³-hybridized carbons (Fsp3) is 0.364. The second-order valence-corrected chi connectivity index (χ2v) is 13.4. The molecule has 4 rings (SSSR count). The predicted octanol–water partition coefficient (Wildman–Crippen LogP) is 5.30. The third-order valence-corrected chi connectivity index (χ3v) is 8.78. The molecule has 244 valence electrons. The molecule has 0 aliphatic carbocycles. The lowest BCUT2D eigenvalue weighted by Crippen LogP contribution is -2.49. The lowest BCUT2D eigenvalue weighted by atomic mass is 10.00. The number of aromatic nitrogens is 1. The summed E-state index contributed by atoms with van der Waals surface area (Å²) in [6.45, 7) is 7.84. The third kappa shape index (κ3) is 8.58. The van der Waals surface area contributed by atoms with Gasteiger partial charge < -0.3 is 20.7 Å². The first-order valence-corrected chi connectivity index (χ1v) is 16.6. The first-order chi connectivity index (χ1) is 21.8. The molecule has 1 aromatic heterocycles. The van der Waals surface area contributed by atoms with Crippen molar-refractivity contribution in [1.29, 1.82) is 0 Å². The van der Waals surface area contributed by atoms with Crippen molar-refractivity contribution in [3.63, 3.8) is 0 Å². The maximum absolute atomic E-state index is 14.5. The zero-order valence-corrected chi connectivity index (χ0v) is 27.0. The number of piperidine rings is 1. The lowest BCUT2D eigenvalue weighted by molar-refractivity contribution is 0.0996. The lowest BCUT2D eigenvalue weighted by Gasteiger charge is -2.38. The second-order valence-electron chi connectivity index (χ2n) is 11.4. The van der Waals surface area contributed by atoms with Gasteiger partial charge in [-0.2, -0.15) is 0 Å². The Labute approximate surface area is 267 Å². The second kappa shape index (κ2) is 14.7. The Bertz CT molecular complexity index is 1760. The number of hydrogen-bond donors (Lipinski definition) is 2. The van der Waals surface area contributed by atoms with E-state index in [2.05, 4.69) is 22.1 Å². The average molecular weight is 654 g/mol. The molecule has 2 heterocycles. The van der Waals surface area contributed by atoms with Gasteiger partial charge in [-0.3, -0.25) is 9.69 Å². The molecule has 0 atom stereocenters. The molecule has 0 saturated carbocycles. The van der Waals surface area contributed by atoms with Gasteiger partial charge >= 0.3 is 6.03 Å². The number of pyridine rings is 1. The highest BCUT2D eigenvalue weighted by molar-refractivity contribution is 7.90. The van der Waals surface area contributed by atoms with Crippen LogP contribution in [0.25, 0.3) is 0 Å². The first-order valence-electron chi connectivity index (χ1n) is 14.7. The van der Waals surface area contributed by atoms with Crippen LogP contribution in [0.5, 0.6) is 11.6 Å². The molecule has 1 saturated heterocycles. The minimum Gasteiger partial charge on any atom is -0.439 e. The summed E-state index contributed by atoms with van der Waals surface area (Å²) in [7, 11) is -3.31. The number of likely N-dealkylation sites (tertiary alicyclic amines) is 1. The number of benzene rings is 2. The van der Waals surface area contributed by atoms with Gasteiger partial charge in [0, 0.05) is 44.1 Å². The van der Waals surface area contributed by atoms with Gasteiger partial charge in [0.05, 0.1) is 28.4 Å². The van der Waals surface area contributed by atoms with E-state index in [1.54, 1.807) is 25.1 Å². The number of nitrogens with zero attached hydrogens (tertiary/aromatic N) is 3. The van der Waals surface area contributed by atoms with Gasteiger partial charge in [0.2, 0.25) is 5.88 Å². The summed E-state index contributed by atoms with van der Waals surface area (Å²) in [4.78, 5) is 33.5. The third-order valence-electron chi connectivity index (χ3n) is 7.65. The van der Waals surface area contributed by atoms with Crippen molar-refractivity contribution < 1.29 is 31.5 Å². The number of anilines is 1. The molecule has 46 heavy (non-hydrogen) atoms. The Kier molecular flexibility index (Phi) is 11.0. The smallest absolute Gasteiger partial charge is 0.322 e. The topological polar surface area (TPSA) is 135 Å². The number of ether oxygens (including phenoxy) is 1. The number of hydrogen-bond acceptors (Lipinski definition) is 7. The van der Waals surface area contributed by atoms with Crippen LogP contribution in [0, 0.1) is 23.5 Å². The normalized spacial score (nSPS) is 14.0. The van der Waals surface area contributed by atoms with Gasteiger partial charge in [-0.05, 0) is 61.6 Å². The van der Waals surface area contributed by atoms with Gasteiger partial charge in [-0.15, -0.1) is 5.92 Å². The number of sulfone groups is 1. The van der Waals surface area contributed by atoms with Crippen LogP contribution in [0.3, 0.4) is 0 Å². The zero-order chi connectivity index (χ0) is 33.6. The Balaban J connectivity index is 1.42. The number of carbonyl (C=O) groups excluding carboxylic acids is 2. The molecule has 0 bridgehead atoms. The summed E-state index contributed by atoms with van der Waals surface area (Å²) in [5.74, 6) is 3.45. The van der Waals surface area contributed by atoms with E-state index in [0.717, 1.165) is 23.6 Å². The Morgan fingerprint density at radius 2 is 1.78 bits per heavy atom. The van der Waals surface area contributed by atoms with Gasteiger partial charge in [0.15, 0.2) is 9.84 Å². The van der Waals surface area contributed by atoms with Crippen LogP contribution in [0.2, 0.25) is 0 Å². The highest BCUT2D eigenvalue weighted by Gasteiger charge is 2.29. The fourth-order valence-corrected chi connectivity index (χ4v) is 5.86. The molecule has 10 nitrogen and oxygen atoms in total. The monoisotopic (exact) mass is 653 g/mol. The summed E-state index contributed by atoms with van der Waals surface area (Å²) >= 11 is 0. The van der Waals surface area contributed by atoms with E-state index >= 15 is 0 Å². The number of primary amides is 1. The van der Waals surface area contributed by atoms with E-state index in [9.17, 15) is 26.8 Å². The summed E-state index contributed by atoms with van der Waals surface area (Å²) in [5.41, 5.74) is 6.22. The van der Waals surface area contributed by atoms with Gasteiger partial charge in [-0.25, -0.2) is 27.0 Å². The molecule has 2 aromatic carbocycles. The van der Waals surface area contributed by atoms with Crippen LogP contribution >= 0.6 is 0 Å². The Morgan fingerprint density at radius 3 is 2.37 bits per heavy atom. The van der Waals surface area contributed by atoms with E-state index in [4.69, 9.17) is 15.5 Å². The predicted molar refractivity (Wildman–Crippen MR) is 170 cm³/mol. The molecule has 0 spiro atoms. The number of carbonyl (C=O) groups is 2. The number of amides is 3. The van der Waals surface area contributed by atoms with Crippen LogP contribution in [0.4, 0.5) is 19.3 Å². The number of nitrogens with two attached hydrogens (primary N) is 1. The van der Waals surface area contributed by atoms with E-state index in [1.807, 2.05) is 19.9 Å². The minimum atomic E-state index is -3.31. The van der Waals surface area contributed by atoms with Crippen molar-refractivity contribution in [1.82, 2.24) is 14.8 Å². The number of halogens is 2. The molecular formula is C33H37F2N5O5S. The maximum Gasteiger partial charge on any atom is 0.322 e. The van der Waals surface area contributed by atoms with Crippen molar-refractivity contribution >= 4 is 27.5 Å². The number of rotatable bonds is 10. The maximum atomic E-state index is 14.5. The van der Waals surface area contributed by atoms with Crippen LogP contribution in [-0.2, 0) is 16.4 Å². The van der Waals surface area contributed by atoms with E-state index < -0.39 is 39.0 Å². The molecule has 1 aliphatic rings. The van der Waals surface area contributed by atoms with Gasteiger partial charge in [0.1, 0.15) is 17.4 Å². The summed E-state index contributed by atoms with van der Waals surface area (Å²) in [6.07, 6.45) is 2.41. The fourth-order valence-electron chi connectivity index (χ4n) is 5.23. The summed E-state index contributed by atoms with van der Waals surface area (Å²) in [6, 6.07) is 10.5. The number of urea groups is 1. The molecule has 3 N–H and O–H groups in total. The zero-order valence-electron chi connectivity index (χ0n) is 26.1. The molecular weight excluding hydrogens is 616 g/mol. The van der Waals surface area contributed by atoms with Crippen molar-refractivity contribution in [3.8, 4) is 23.5 Å². The highest BCUT2D eigenvalue weighted by Crippen LogP contribution is 2.28. The van der Waals surface area contributed by atoms with Crippen LogP contribution in [0.1, 0.15) is 61.1 Å². The summed E-state index contributed by atoms with van der Waals surface area (Å²) < 4.78 is 57.8. The standard InChI is InChI=1S/C33H37F2N5O5S/c1-5-6-15-40(33(42)37-29-18-26(32(36)41)27(34)19-28(29)35)23-13-16-39(17-14-23)20-22-7-12-30(38-31(22)21(2)3)45-24-8-10-25(11-9-24)46(4,43)44/h7-12,18-19,21,23H,13-17,20H2,1-4H3,(H2,36,41)(H,37,42). The van der Waals surface area contributed by atoms with E-state index in [0.29, 0.717) is 50.2 Å². The average Bonchev–Trinajstić information content (AvgIpc) is 2.99. The Morgan fingerprint density at radius 1 is 1.11 bits per heavy atom. The van der Waals surface area contributed by atoms with E-state index in [1.165, 1.54) is 17.0 Å². The Hall–Kier alpha value is -4.54. The molecule has 3 amide bonds. The highest BCUT2D eigenvalue weighted by atomic mass is 32.2. The van der Waals surface area contributed by atoms with Crippen LogP contribution in [0.15, 0.2) is 53.4 Å². The molecule has 3 aromatic rings. The molecule has 0 radical (unpaired) electrons. The van der Waals surface area contributed by atoms with Crippen LogP contribution in [-0.4, -0.2) is 67.1 Å². The number of nitrogens with one attached hydrogen (secondary N) is 1. The first kappa shape index (κ1) is 34.3. The largest absolute Gasteiger partial charge is 0.439 e. The molecule has 13 heteroatoms. The molecule has 0 unspecified atom stereocenters. The molecule has 1 fully saturated rings. The SMILES string of the molecule is CC#CCN(C(=O)Nc1cc(C(N)=O)c(F)cc1F)C1CCN(Cc2ccc(Oc3ccc(S(C)(=O)=O)cc3)nc2C(C)C)CC1.